The van der Waals surface area contributed by atoms with Crippen molar-refractivity contribution in [1.82, 2.24) is 0 Å². The number of carbonyl (C=O) groups is 4. The number of carboxylic acids is 1. The summed E-state index contributed by atoms with van der Waals surface area (Å²) in [5.74, 6) is -2.40. The number of rotatable bonds is 43. The molecule has 0 aromatic rings. The van der Waals surface area contributed by atoms with E-state index in [1.54, 1.807) is 12.2 Å². The summed E-state index contributed by atoms with van der Waals surface area (Å²) in [7, 11) is -4.75. The third-order valence-electron chi connectivity index (χ3n) is 9.84. The molecule has 0 aliphatic rings. The molecule has 59 heavy (non-hydrogen) atoms. The molecule has 342 valence electrons. The van der Waals surface area contributed by atoms with E-state index in [0.29, 0.717) is 19.3 Å². The number of esters is 2. The Kier molecular flexibility index (Phi) is 38.9. The third-order valence-corrected chi connectivity index (χ3v) is 10.8. The molecular formula is C46H82NO11P. The number of hydrogen-bond acceptors (Lipinski definition) is 10. The maximum Gasteiger partial charge on any atom is 0.472 e. The highest BCUT2D eigenvalue weighted by Gasteiger charge is 2.28. The summed E-state index contributed by atoms with van der Waals surface area (Å²) < 4.78 is 32.6. The van der Waals surface area contributed by atoms with Crippen LogP contribution in [0.25, 0.3) is 0 Å². The minimum absolute atomic E-state index is 0.0775. The van der Waals surface area contributed by atoms with Crippen molar-refractivity contribution in [2.24, 2.45) is 5.73 Å². The second-order valence-corrected chi connectivity index (χ2v) is 17.0. The van der Waals surface area contributed by atoms with Gasteiger partial charge in [0, 0.05) is 19.3 Å². The van der Waals surface area contributed by atoms with Crippen molar-refractivity contribution >= 4 is 31.5 Å². The highest BCUT2D eigenvalue weighted by molar-refractivity contribution is 7.47. The molecule has 0 spiro atoms. The van der Waals surface area contributed by atoms with Gasteiger partial charge in [0.2, 0.25) is 0 Å². The summed E-state index contributed by atoms with van der Waals surface area (Å²) in [4.78, 5) is 58.1. The van der Waals surface area contributed by atoms with E-state index in [0.717, 1.165) is 57.8 Å². The Morgan fingerprint density at radius 2 is 1.00 bits per heavy atom. The predicted octanol–water partition coefficient (Wildman–Crippen LogP) is 11.6. The number of allylic oxidation sites excluding steroid dienone is 6. The second-order valence-electron chi connectivity index (χ2n) is 15.6. The molecule has 0 rings (SSSR count). The number of unbranched alkanes of at least 4 members (excludes halogenated alkanes) is 22. The quantitative estimate of drug-likeness (QED) is 0.0132. The van der Waals surface area contributed by atoms with E-state index in [1.807, 2.05) is 6.08 Å². The second kappa shape index (κ2) is 40.8. The molecule has 0 aliphatic carbocycles. The fourth-order valence-electron chi connectivity index (χ4n) is 6.16. The van der Waals surface area contributed by atoms with Gasteiger partial charge in [-0.1, -0.05) is 153 Å². The lowest BCUT2D eigenvalue weighted by molar-refractivity contribution is -0.161. The number of phosphoric acid groups is 1. The van der Waals surface area contributed by atoms with Crippen LogP contribution in [0.15, 0.2) is 36.5 Å². The standard InChI is InChI=1S/C46H82NO11P/c1-3-5-7-9-11-12-13-14-15-16-17-18-19-20-21-22-24-28-32-36-44(49)55-38-42(39-56-59(53,54)57-40-43(47)46(51)52)58-45(50)37-33-29-25-27-31-35-41(48)34-30-26-23-10-8-6-4-2/h14-15,23,26,30,34,42-43H,3-13,16-22,24-25,27-29,31-33,35-40,47H2,1-2H3,(H,51,52)(H,53,54)/b15-14-,26-23-,34-30+/t42-,43+/m1/s1. The van der Waals surface area contributed by atoms with Crippen molar-refractivity contribution in [3.63, 3.8) is 0 Å². The maximum absolute atomic E-state index is 12.6. The molecule has 4 N–H and O–H groups in total. The van der Waals surface area contributed by atoms with E-state index in [4.69, 9.17) is 24.8 Å². The van der Waals surface area contributed by atoms with Crippen LogP contribution >= 0.6 is 7.82 Å². The summed E-state index contributed by atoms with van der Waals surface area (Å²) in [6.07, 6.45) is 40.3. The normalized spacial score (nSPS) is 13.9. The summed E-state index contributed by atoms with van der Waals surface area (Å²) in [5, 5.41) is 8.89. The van der Waals surface area contributed by atoms with Crippen LogP contribution in [0.5, 0.6) is 0 Å². The smallest absolute Gasteiger partial charge is 0.472 e. The van der Waals surface area contributed by atoms with Crippen LogP contribution in [0.2, 0.25) is 0 Å². The van der Waals surface area contributed by atoms with Gasteiger partial charge in [-0.05, 0) is 63.9 Å². The van der Waals surface area contributed by atoms with Gasteiger partial charge in [0.25, 0.3) is 0 Å². The lowest BCUT2D eigenvalue weighted by atomic mass is 10.1. The first-order valence-corrected chi connectivity index (χ1v) is 24.5. The molecule has 0 fully saturated rings. The van der Waals surface area contributed by atoms with Crippen molar-refractivity contribution in [1.29, 1.82) is 0 Å². The van der Waals surface area contributed by atoms with Gasteiger partial charge in [-0.2, -0.15) is 0 Å². The zero-order valence-corrected chi connectivity index (χ0v) is 37.7. The first kappa shape index (κ1) is 56.4. The van der Waals surface area contributed by atoms with Crippen LogP contribution in [0, 0.1) is 0 Å². The fourth-order valence-corrected chi connectivity index (χ4v) is 6.94. The molecule has 13 heteroatoms. The molecule has 3 atom stereocenters. The van der Waals surface area contributed by atoms with Crippen LogP contribution in [-0.2, 0) is 42.3 Å². The molecule has 0 saturated carbocycles. The van der Waals surface area contributed by atoms with Crippen molar-refractivity contribution in [2.75, 3.05) is 19.8 Å². The number of ketones is 1. The number of carboxylic acid groups (broad SMARTS) is 1. The van der Waals surface area contributed by atoms with Gasteiger partial charge in [-0.3, -0.25) is 28.2 Å². The molecule has 0 heterocycles. The lowest BCUT2D eigenvalue weighted by Crippen LogP contribution is -2.34. The minimum Gasteiger partial charge on any atom is -0.480 e. The van der Waals surface area contributed by atoms with Crippen LogP contribution in [0.1, 0.15) is 200 Å². The van der Waals surface area contributed by atoms with E-state index in [-0.39, 0.29) is 25.2 Å². The lowest BCUT2D eigenvalue weighted by Gasteiger charge is -2.20. The Morgan fingerprint density at radius 3 is 1.56 bits per heavy atom. The van der Waals surface area contributed by atoms with Gasteiger partial charge >= 0.3 is 25.7 Å². The van der Waals surface area contributed by atoms with E-state index in [2.05, 4.69) is 36.6 Å². The monoisotopic (exact) mass is 856 g/mol. The summed E-state index contributed by atoms with van der Waals surface area (Å²) in [6, 6.07) is -1.54. The SMILES string of the molecule is CCCCC/C=C\C=C\C(=O)CCCCCCCC(=O)O[C@H](COC(=O)CCCCCCCCCCC/C=C\CCCCCCCC)COP(=O)(O)OC[C@H](N)C(=O)O. The largest absolute Gasteiger partial charge is 0.480 e. The molecule has 12 nitrogen and oxygen atoms in total. The highest BCUT2D eigenvalue weighted by atomic mass is 31.2. The topological polar surface area (TPSA) is 189 Å². The average molecular weight is 856 g/mol. The molecule has 0 aromatic heterocycles. The Morgan fingerprint density at radius 1 is 0.559 bits per heavy atom. The zero-order valence-electron chi connectivity index (χ0n) is 36.8. The molecule has 0 amide bonds. The molecule has 1 unspecified atom stereocenters. The zero-order chi connectivity index (χ0) is 43.7. The summed E-state index contributed by atoms with van der Waals surface area (Å²) in [6.45, 7) is 2.63. The first-order valence-electron chi connectivity index (χ1n) is 23.0. The Hall–Kier alpha value is -2.63. The molecular weight excluding hydrogens is 773 g/mol. The van der Waals surface area contributed by atoms with Crippen LogP contribution in [0.3, 0.4) is 0 Å². The summed E-state index contributed by atoms with van der Waals surface area (Å²) >= 11 is 0. The van der Waals surface area contributed by atoms with Gasteiger partial charge in [0.15, 0.2) is 11.9 Å². The Bertz CT molecular complexity index is 1210. The first-order chi connectivity index (χ1) is 28.5. The minimum atomic E-state index is -4.75. The van der Waals surface area contributed by atoms with E-state index in [9.17, 15) is 28.6 Å². The number of aliphatic carboxylic acids is 1. The van der Waals surface area contributed by atoms with Crippen molar-refractivity contribution in [3.8, 4) is 0 Å². The molecule has 0 aromatic carbocycles. The molecule has 0 aliphatic heterocycles. The fraction of sp³-hybridized carbons (Fsp3) is 0.783. The van der Waals surface area contributed by atoms with Gasteiger partial charge < -0.3 is 25.2 Å². The maximum atomic E-state index is 12.6. The number of carbonyl (C=O) groups excluding carboxylic acids is 3. The Labute approximate surface area is 357 Å². The number of phosphoric ester groups is 1. The number of ether oxygens (including phenoxy) is 2. The molecule has 0 radical (unpaired) electrons. The highest BCUT2D eigenvalue weighted by Crippen LogP contribution is 2.43. The van der Waals surface area contributed by atoms with Crippen molar-refractivity contribution < 1.29 is 52.3 Å². The summed E-state index contributed by atoms with van der Waals surface area (Å²) in [5.41, 5.74) is 5.33. The van der Waals surface area contributed by atoms with E-state index >= 15 is 0 Å². The molecule has 0 bridgehead atoms. The van der Waals surface area contributed by atoms with Crippen LogP contribution in [0.4, 0.5) is 0 Å². The van der Waals surface area contributed by atoms with Crippen LogP contribution in [-0.4, -0.2) is 65.7 Å². The van der Waals surface area contributed by atoms with Gasteiger partial charge in [0.1, 0.15) is 12.6 Å². The van der Waals surface area contributed by atoms with Gasteiger partial charge in [0.05, 0.1) is 13.2 Å². The van der Waals surface area contributed by atoms with Gasteiger partial charge in [-0.25, -0.2) is 4.57 Å². The van der Waals surface area contributed by atoms with Crippen molar-refractivity contribution in [3.05, 3.63) is 36.5 Å². The molecule has 0 saturated heterocycles. The predicted molar refractivity (Wildman–Crippen MR) is 236 cm³/mol. The van der Waals surface area contributed by atoms with Crippen molar-refractivity contribution in [2.45, 2.75) is 212 Å². The van der Waals surface area contributed by atoms with E-state index in [1.165, 1.54) is 96.3 Å². The third kappa shape index (κ3) is 40.5. The Balaban J connectivity index is 4.38. The van der Waals surface area contributed by atoms with Gasteiger partial charge in [-0.15, -0.1) is 0 Å². The average Bonchev–Trinajstić information content (AvgIpc) is 3.21. The van der Waals surface area contributed by atoms with E-state index < -0.39 is 51.1 Å². The number of nitrogens with two attached hydrogens (primary N) is 1. The van der Waals surface area contributed by atoms with Crippen LogP contribution < -0.4 is 5.73 Å². The number of hydrogen-bond donors (Lipinski definition) is 3.